The van der Waals surface area contributed by atoms with Gasteiger partial charge in [-0.3, -0.25) is 0 Å². The highest BCUT2D eigenvalue weighted by atomic mass is 32.2. The molecular formula is C42H44N2O4S2. The number of aliphatic hydroxyl groups excluding tert-OH is 4. The minimum Gasteiger partial charge on any atom is -0.388 e. The van der Waals surface area contributed by atoms with E-state index in [0.717, 1.165) is 103 Å². The van der Waals surface area contributed by atoms with Crippen LogP contribution in [0.3, 0.4) is 0 Å². The van der Waals surface area contributed by atoms with E-state index in [2.05, 4.69) is 47.9 Å². The highest BCUT2D eigenvalue weighted by molar-refractivity contribution is 8.04. The first-order valence-corrected chi connectivity index (χ1v) is 19.5. The number of para-hydroxylation sites is 2. The van der Waals surface area contributed by atoms with Crippen molar-refractivity contribution in [3.63, 3.8) is 0 Å². The van der Waals surface area contributed by atoms with E-state index in [-0.39, 0.29) is 11.8 Å². The highest BCUT2D eigenvalue weighted by Gasteiger charge is 2.50. The van der Waals surface area contributed by atoms with Crippen LogP contribution in [0, 0.1) is 0 Å². The molecule has 2 aliphatic heterocycles. The smallest absolute Gasteiger partial charge is 0.0900 e. The van der Waals surface area contributed by atoms with Gasteiger partial charge in [-0.25, -0.2) is 0 Å². The van der Waals surface area contributed by atoms with Gasteiger partial charge in [0.2, 0.25) is 0 Å². The van der Waals surface area contributed by atoms with Gasteiger partial charge in [-0.2, -0.15) is 0 Å². The van der Waals surface area contributed by atoms with Gasteiger partial charge in [0.25, 0.3) is 0 Å². The predicted octanol–water partition coefficient (Wildman–Crippen LogP) is 8.24. The number of unbranched alkanes of at least 4 members (excludes halogenated alkanes) is 2. The van der Waals surface area contributed by atoms with Crippen LogP contribution >= 0.6 is 23.5 Å². The number of rotatable bonds is 9. The summed E-state index contributed by atoms with van der Waals surface area (Å²) in [5.41, 5.74) is 7.62. The van der Waals surface area contributed by atoms with Crippen LogP contribution in [0.4, 0.5) is 11.4 Å². The Morgan fingerprint density at radius 3 is 1.22 bits per heavy atom. The maximum atomic E-state index is 11.4. The van der Waals surface area contributed by atoms with Gasteiger partial charge < -0.3 is 30.2 Å². The van der Waals surface area contributed by atoms with Crippen LogP contribution in [0.15, 0.2) is 128 Å². The minimum absolute atomic E-state index is 0.375. The van der Waals surface area contributed by atoms with Gasteiger partial charge in [-0.05, 0) is 59.4 Å². The van der Waals surface area contributed by atoms with E-state index in [1.807, 2.05) is 72.8 Å². The third-order valence-electron chi connectivity index (χ3n) is 10.7. The molecular weight excluding hydrogens is 661 g/mol. The summed E-state index contributed by atoms with van der Waals surface area (Å²) < 4.78 is 0. The first-order chi connectivity index (χ1) is 24.4. The average Bonchev–Trinajstić information content (AvgIpc) is 3.67. The molecule has 8 rings (SSSR count). The van der Waals surface area contributed by atoms with Gasteiger partial charge in [0.15, 0.2) is 0 Å². The second-order valence-electron chi connectivity index (χ2n) is 13.7. The van der Waals surface area contributed by atoms with E-state index in [4.69, 9.17) is 0 Å². The normalized spacial score (nSPS) is 25.5. The molecule has 4 unspecified atom stereocenters. The summed E-state index contributed by atoms with van der Waals surface area (Å²) in [5.74, 6) is -0.750. The summed E-state index contributed by atoms with van der Waals surface area (Å²) in [4.78, 5) is 6.86. The molecule has 4 aromatic rings. The lowest BCUT2D eigenvalue weighted by Gasteiger charge is -2.43. The highest BCUT2D eigenvalue weighted by Crippen LogP contribution is 2.55. The largest absolute Gasteiger partial charge is 0.388 e. The molecule has 4 aliphatic rings. The summed E-state index contributed by atoms with van der Waals surface area (Å²) >= 11 is 3.29. The number of nitrogens with zero attached hydrogens (tertiary/aromatic N) is 2. The molecule has 4 N–H and O–H groups in total. The fraction of sp³-hybridized carbons (Fsp3) is 0.333. The molecule has 0 aromatic heterocycles. The van der Waals surface area contributed by atoms with Crippen molar-refractivity contribution >= 4 is 34.9 Å². The predicted molar refractivity (Wildman–Crippen MR) is 205 cm³/mol. The zero-order valence-corrected chi connectivity index (χ0v) is 30.1. The minimum atomic E-state index is -0.744. The maximum absolute atomic E-state index is 11.4. The van der Waals surface area contributed by atoms with Crippen LogP contribution in [-0.2, 0) is 0 Å². The van der Waals surface area contributed by atoms with Crippen LogP contribution in [-0.4, -0.2) is 57.9 Å². The molecule has 0 spiro atoms. The van der Waals surface area contributed by atoms with Gasteiger partial charge in [0.1, 0.15) is 0 Å². The molecule has 0 amide bonds. The summed E-state index contributed by atoms with van der Waals surface area (Å²) in [6.07, 6.45) is 1.25. The Morgan fingerprint density at radius 1 is 0.500 bits per heavy atom. The molecule has 2 heterocycles. The monoisotopic (exact) mass is 704 g/mol. The Morgan fingerprint density at radius 2 is 0.860 bits per heavy atom. The second-order valence-corrected chi connectivity index (χ2v) is 15.8. The van der Waals surface area contributed by atoms with Crippen molar-refractivity contribution in [2.75, 3.05) is 22.9 Å². The Bertz CT molecular complexity index is 1780. The standard InChI is InChI=1S/C42H44N2O4S2/c1-3-5-23-43-29-11-7-9-13-31(29)49-41(43)35-37(45)33(38(35)46)27-19-15-25(16-20-27)26-17-21-28(22-18-26)34-39(47)36(40(34)48)42-44(24-6-4-2)30-12-8-10-14-32(30)50-42/h7-22,33-34,37-40,45-48H,3-6,23-24H2,1-2H3. The molecule has 4 atom stereocenters. The second kappa shape index (κ2) is 13.9. The number of fused-ring (bicyclic) bond motifs is 2. The summed E-state index contributed by atoms with van der Waals surface area (Å²) in [6.45, 7) is 6.08. The molecule has 50 heavy (non-hydrogen) atoms. The molecule has 8 heteroatoms. The summed E-state index contributed by atoms with van der Waals surface area (Å²) in [7, 11) is 0. The van der Waals surface area contributed by atoms with Crippen molar-refractivity contribution in [1.82, 2.24) is 0 Å². The first-order valence-electron chi connectivity index (χ1n) is 17.9. The van der Waals surface area contributed by atoms with Crippen molar-refractivity contribution in [2.24, 2.45) is 0 Å². The molecule has 0 saturated heterocycles. The molecule has 258 valence electrons. The zero-order chi connectivity index (χ0) is 34.5. The maximum Gasteiger partial charge on any atom is 0.0900 e. The van der Waals surface area contributed by atoms with Gasteiger partial charge in [-0.1, -0.05) is 123 Å². The number of aliphatic hydroxyl groups is 4. The quantitative estimate of drug-likeness (QED) is 0.139. The van der Waals surface area contributed by atoms with Crippen LogP contribution < -0.4 is 9.80 Å². The molecule has 4 aromatic carbocycles. The van der Waals surface area contributed by atoms with E-state index in [1.54, 1.807) is 23.5 Å². The fourth-order valence-electron chi connectivity index (χ4n) is 7.84. The van der Waals surface area contributed by atoms with Crippen molar-refractivity contribution in [2.45, 2.75) is 85.6 Å². The summed E-state index contributed by atoms with van der Waals surface area (Å²) in [6, 6.07) is 32.8. The lowest BCUT2D eigenvalue weighted by molar-refractivity contribution is 0.0113. The Balaban J connectivity index is 0.964. The lowest BCUT2D eigenvalue weighted by atomic mass is 9.70. The molecule has 2 aliphatic carbocycles. The Labute approximate surface area is 303 Å². The topological polar surface area (TPSA) is 87.4 Å². The van der Waals surface area contributed by atoms with Gasteiger partial charge in [0, 0.05) is 45.9 Å². The van der Waals surface area contributed by atoms with E-state index < -0.39 is 24.4 Å². The molecule has 0 radical (unpaired) electrons. The zero-order valence-electron chi connectivity index (χ0n) is 28.4. The Hall–Kier alpha value is -3.50. The van der Waals surface area contributed by atoms with Crippen LogP contribution in [0.5, 0.6) is 0 Å². The SMILES string of the molecule is CCCCN1C(=C2C(O)C(c3ccc(-c4ccc(C5C(O)C(=C6Sc7ccccc7N6CCCC)C5O)cc4)cc3)C2O)Sc2ccccc21. The molecule has 2 fully saturated rings. The van der Waals surface area contributed by atoms with E-state index >= 15 is 0 Å². The van der Waals surface area contributed by atoms with E-state index in [1.165, 1.54) is 0 Å². The molecule has 6 nitrogen and oxygen atoms in total. The Kier molecular flexibility index (Phi) is 9.35. The fourth-order valence-corrected chi connectivity index (χ4v) is 10.4. The van der Waals surface area contributed by atoms with E-state index in [0.29, 0.717) is 0 Å². The third-order valence-corrected chi connectivity index (χ3v) is 13.2. The van der Waals surface area contributed by atoms with Crippen molar-refractivity contribution in [1.29, 1.82) is 0 Å². The van der Waals surface area contributed by atoms with Gasteiger partial charge in [0.05, 0.1) is 45.8 Å². The van der Waals surface area contributed by atoms with Gasteiger partial charge >= 0.3 is 0 Å². The van der Waals surface area contributed by atoms with Crippen LogP contribution in [0.25, 0.3) is 11.1 Å². The summed E-state index contributed by atoms with van der Waals surface area (Å²) in [5, 5.41) is 47.5. The number of thioether (sulfide) groups is 2. The average molecular weight is 705 g/mol. The molecule has 2 saturated carbocycles. The van der Waals surface area contributed by atoms with Crippen molar-refractivity contribution < 1.29 is 20.4 Å². The van der Waals surface area contributed by atoms with Gasteiger partial charge in [-0.15, -0.1) is 0 Å². The third kappa shape index (κ3) is 5.61. The van der Waals surface area contributed by atoms with Crippen LogP contribution in [0.1, 0.15) is 62.5 Å². The van der Waals surface area contributed by atoms with Crippen LogP contribution in [0.2, 0.25) is 0 Å². The number of hydrogen-bond acceptors (Lipinski definition) is 8. The number of anilines is 2. The number of benzene rings is 4. The van der Waals surface area contributed by atoms with Crippen molar-refractivity contribution in [3.05, 3.63) is 129 Å². The number of hydrogen-bond donors (Lipinski definition) is 4. The van der Waals surface area contributed by atoms with E-state index in [9.17, 15) is 20.4 Å². The molecule has 0 bridgehead atoms. The lowest BCUT2D eigenvalue weighted by Crippen LogP contribution is -2.48. The first kappa shape index (κ1) is 33.6. The van der Waals surface area contributed by atoms with Crippen molar-refractivity contribution in [3.8, 4) is 11.1 Å².